The minimum absolute atomic E-state index is 0.279. The lowest BCUT2D eigenvalue weighted by Gasteiger charge is -2.29. The number of rotatable bonds is 4. The van der Waals surface area contributed by atoms with Gasteiger partial charge in [-0.25, -0.2) is 9.59 Å². The minimum Gasteiger partial charge on any atom is -0.467 e. The average molecular weight is 302 g/mol. The van der Waals surface area contributed by atoms with Crippen molar-refractivity contribution in [1.82, 2.24) is 10.6 Å². The van der Waals surface area contributed by atoms with Crippen LogP contribution in [0.15, 0.2) is 0 Å². The summed E-state index contributed by atoms with van der Waals surface area (Å²) in [6, 6.07) is -0.796. The molecule has 7 heteroatoms. The van der Waals surface area contributed by atoms with Crippen molar-refractivity contribution in [3.8, 4) is 0 Å². The zero-order valence-corrected chi connectivity index (χ0v) is 13.8. The Bertz CT molecular complexity index is 393. The van der Waals surface area contributed by atoms with Crippen LogP contribution in [0.1, 0.15) is 41.5 Å². The first-order chi connectivity index (χ1) is 9.36. The molecule has 2 amide bonds. The van der Waals surface area contributed by atoms with Crippen molar-refractivity contribution in [3.63, 3.8) is 0 Å². The molecule has 7 nitrogen and oxygen atoms in total. The second kappa shape index (κ2) is 7.28. The van der Waals surface area contributed by atoms with Crippen LogP contribution < -0.4 is 10.6 Å². The van der Waals surface area contributed by atoms with Gasteiger partial charge in [-0.2, -0.15) is 0 Å². The largest absolute Gasteiger partial charge is 0.467 e. The maximum Gasteiger partial charge on any atom is 0.408 e. The highest BCUT2D eigenvalue weighted by Crippen LogP contribution is 2.20. The Morgan fingerprint density at radius 2 is 1.57 bits per heavy atom. The summed E-state index contributed by atoms with van der Waals surface area (Å²) in [5.74, 6) is -1.03. The summed E-state index contributed by atoms with van der Waals surface area (Å²) in [6.07, 6.45) is -0.692. The zero-order valence-electron chi connectivity index (χ0n) is 13.8. The van der Waals surface area contributed by atoms with Crippen molar-refractivity contribution in [3.05, 3.63) is 0 Å². The third-order valence-electron chi connectivity index (χ3n) is 2.40. The lowest BCUT2D eigenvalue weighted by molar-refractivity contribution is -0.148. The van der Waals surface area contributed by atoms with Gasteiger partial charge < -0.3 is 20.1 Å². The Labute approximate surface area is 125 Å². The van der Waals surface area contributed by atoms with Gasteiger partial charge in [0.05, 0.1) is 7.11 Å². The average Bonchev–Trinajstić information content (AvgIpc) is 2.29. The van der Waals surface area contributed by atoms with Gasteiger partial charge >= 0.3 is 12.1 Å². The first-order valence-electron chi connectivity index (χ1n) is 6.71. The maximum absolute atomic E-state index is 11.8. The van der Waals surface area contributed by atoms with Crippen LogP contribution in [0.3, 0.4) is 0 Å². The summed E-state index contributed by atoms with van der Waals surface area (Å²) in [6.45, 7) is 10.3. The normalized spacial score (nSPS) is 13.1. The molecule has 0 aromatic heterocycles. The van der Waals surface area contributed by atoms with Crippen LogP contribution in [-0.4, -0.2) is 43.3 Å². The highest BCUT2D eigenvalue weighted by Gasteiger charge is 2.33. The summed E-state index contributed by atoms with van der Waals surface area (Å²) in [5.41, 5.74) is -1.14. The second-order valence-electron chi connectivity index (χ2n) is 6.75. The second-order valence-corrected chi connectivity index (χ2v) is 6.75. The Kier molecular flexibility index (Phi) is 6.66. The van der Waals surface area contributed by atoms with Gasteiger partial charge in [0.25, 0.3) is 0 Å². The van der Waals surface area contributed by atoms with Gasteiger partial charge in [-0.3, -0.25) is 4.79 Å². The molecule has 0 radical (unpaired) electrons. The summed E-state index contributed by atoms with van der Waals surface area (Å²) >= 11 is 0. The molecule has 0 saturated heterocycles. The van der Waals surface area contributed by atoms with E-state index in [1.165, 1.54) is 7.11 Å². The van der Waals surface area contributed by atoms with E-state index in [1.807, 2.05) is 0 Å². The quantitative estimate of drug-likeness (QED) is 0.761. The first kappa shape index (κ1) is 19.2. The van der Waals surface area contributed by atoms with Crippen LogP contribution >= 0.6 is 0 Å². The summed E-state index contributed by atoms with van der Waals surface area (Å²) in [7, 11) is 1.26. The number of esters is 1. The van der Waals surface area contributed by atoms with Crippen molar-refractivity contribution in [2.24, 2.45) is 5.41 Å². The number of ether oxygens (including phenoxy) is 2. The van der Waals surface area contributed by atoms with Crippen molar-refractivity contribution in [2.45, 2.75) is 53.2 Å². The minimum atomic E-state index is -0.796. The molecule has 21 heavy (non-hydrogen) atoms. The molecule has 0 bridgehead atoms. The lowest BCUT2D eigenvalue weighted by Crippen LogP contribution is -2.52. The maximum atomic E-state index is 11.8. The number of carbonyl (C=O) groups is 3. The van der Waals surface area contributed by atoms with Crippen LogP contribution in [0.2, 0.25) is 0 Å². The predicted octanol–water partition coefficient (Wildman–Crippen LogP) is 1.21. The fraction of sp³-hybridized carbons (Fsp3) is 0.786. The van der Waals surface area contributed by atoms with E-state index >= 15 is 0 Å². The number of hydrogen-bond acceptors (Lipinski definition) is 5. The van der Waals surface area contributed by atoms with Crippen LogP contribution in [0.5, 0.6) is 0 Å². The predicted molar refractivity (Wildman–Crippen MR) is 77.6 cm³/mol. The van der Waals surface area contributed by atoms with Crippen LogP contribution in [0, 0.1) is 5.41 Å². The van der Waals surface area contributed by atoms with Gasteiger partial charge in [-0.05, 0) is 26.2 Å². The van der Waals surface area contributed by atoms with Crippen molar-refractivity contribution in [1.29, 1.82) is 0 Å². The molecule has 0 saturated carbocycles. The monoisotopic (exact) mass is 302 g/mol. The molecule has 1 atom stereocenters. The highest BCUT2D eigenvalue weighted by molar-refractivity contribution is 5.87. The molecule has 0 heterocycles. The molecule has 0 aliphatic heterocycles. The molecule has 2 N–H and O–H groups in total. The molecule has 0 aliphatic carbocycles. The molecule has 1 unspecified atom stereocenters. The molecule has 0 spiro atoms. The van der Waals surface area contributed by atoms with E-state index in [2.05, 4.69) is 15.4 Å². The zero-order chi connectivity index (χ0) is 16.8. The molecule has 122 valence electrons. The van der Waals surface area contributed by atoms with Gasteiger partial charge in [0.15, 0.2) is 0 Å². The first-order valence-corrected chi connectivity index (χ1v) is 6.71. The summed E-state index contributed by atoms with van der Waals surface area (Å²) in [5, 5.41) is 4.87. The van der Waals surface area contributed by atoms with E-state index < -0.39 is 35.0 Å². The Morgan fingerprint density at radius 1 is 1.05 bits per heavy atom. The molecule has 0 aromatic rings. The van der Waals surface area contributed by atoms with Crippen LogP contribution in [0.25, 0.3) is 0 Å². The summed E-state index contributed by atoms with van der Waals surface area (Å²) < 4.78 is 9.67. The van der Waals surface area contributed by atoms with E-state index in [0.717, 1.165) is 0 Å². The molecule has 0 aromatic carbocycles. The SMILES string of the molecule is COC(=O)C(NC(=O)CNC(=O)OC(C)(C)C)C(C)(C)C. The summed E-state index contributed by atoms with van der Waals surface area (Å²) in [4.78, 5) is 34.9. The standard InChI is InChI=1S/C14H26N2O5/c1-13(2,3)10(11(18)20-7)16-9(17)8-15-12(19)21-14(4,5)6/h10H,8H2,1-7H3,(H,15,19)(H,16,17). The van der Waals surface area contributed by atoms with E-state index in [4.69, 9.17) is 4.74 Å². The number of alkyl carbamates (subject to hydrolysis) is 1. The molecule has 0 aliphatic rings. The molecular formula is C14H26N2O5. The molecule has 0 rings (SSSR count). The van der Waals surface area contributed by atoms with E-state index in [-0.39, 0.29) is 6.54 Å². The molecule has 0 fully saturated rings. The Balaban J connectivity index is 4.47. The Morgan fingerprint density at radius 3 is 1.95 bits per heavy atom. The third kappa shape index (κ3) is 8.16. The highest BCUT2D eigenvalue weighted by atomic mass is 16.6. The van der Waals surface area contributed by atoms with Gasteiger partial charge in [-0.15, -0.1) is 0 Å². The van der Waals surface area contributed by atoms with E-state index in [0.29, 0.717) is 0 Å². The number of hydrogen-bond donors (Lipinski definition) is 2. The number of carbonyl (C=O) groups excluding carboxylic acids is 3. The number of nitrogens with one attached hydrogen (secondary N) is 2. The van der Waals surface area contributed by atoms with Gasteiger partial charge in [0.2, 0.25) is 5.91 Å². The van der Waals surface area contributed by atoms with Gasteiger partial charge in [0, 0.05) is 0 Å². The third-order valence-corrected chi connectivity index (χ3v) is 2.40. The van der Waals surface area contributed by atoms with Crippen molar-refractivity contribution >= 4 is 18.0 Å². The number of methoxy groups -OCH3 is 1. The lowest BCUT2D eigenvalue weighted by atomic mass is 9.86. The van der Waals surface area contributed by atoms with Crippen molar-refractivity contribution in [2.75, 3.05) is 13.7 Å². The fourth-order valence-corrected chi connectivity index (χ4v) is 1.43. The van der Waals surface area contributed by atoms with E-state index in [1.54, 1.807) is 41.5 Å². The smallest absolute Gasteiger partial charge is 0.408 e. The fourth-order valence-electron chi connectivity index (χ4n) is 1.43. The van der Waals surface area contributed by atoms with Crippen LogP contribution in [-0.2, 0) is 19.1 Å². The van der Waals surface area contributed by atoms with Gasteiger partial charge in [0.1, 0.15) is 18.2 Å². The van der Waals surface area contributed by atoms with Crippen LogP contribution in [0.4, 0.5) is 4.79 Å². The topological polar surface area (TPSA) is 93.7 Å². The molecular weight excluding hydrogens is 276 g/mol. The van der Waals surface area contributed by atoms with Gasteiger partial charge in [-0.1, -0.05) is 20.8 Å². The number of amides is 2. The van der Waals surface area contributed by atoms with E-state index in [9.17, 15) is 14.4 Å². The van der Waals surface area contributed by atoms with Crippen molar-refractivity contribution < 1.29 is 23.9 Å². The Hall–Kier alpha value is -1.79.